The average molecular weight is 452 g/mol. The molecule has 0 unspecified atom stereocenters. The highest BCUT2D eigenvalue weighted by molar-refractivity contribution is 6.46. The maximum absolute atomic E-state index is 13.6. The van der Waals surface area contributed by atoms with Gasteiger partial charge in [0.05, 0.1) is 11.3 Å². The van der Waals surface area contributed by atoms with E-state index >= 15 is 0 Å². The van der Waals surface area contributed by atoms with Crippen molar-refractivity contribution >= 4 is 34.4 Å². The average Bonchev–Trinajstić information content (AvgIpc) is 3.11. The van der Waals surface area contributed by atoms with Gasteiger partial charge in [-0.1, -0.05) is 36.4 Å². The number of hydrogen-bond donors (Lipinski definition) is 1. The molecule has 0 spiro atoms. The zero-order valence-corrected chi connectivity index (χ0v) is 19.7. The number of nitrogens with one attached hydrogen (secondary N) is 1. The molecule has 0 atom stereocenters. The molecule has 0 saturated carbocycles. The van der Waals surface area contributed by atoms with Crippen LogP contribution in [0, 0.1) is 13.8 Å². The van der Waals surface area contributed by atoms with E-state index in [-0.39, 0.29) is 11.8 Å². The fraction of sp³-hybridized carbons (Fsp3) is 0.241. The van der Waals surface area contributed by atoms with E-state index in [9.17, 15) is 9.59 Å². The largest absolute Gasteiger partial charge is 0.372 e. The van der Waals surface area contributed by atoms with Crippen LogP contribution in [-0.4, -0.2) is 24.9 Å². The summed E-state index contributed by atoms with van der Waals surface area (Å²) in [6.07, 6.45) is 3.67. The first-order valence-corrected chi connectivity index (χ1v) is 11.9. The van der Waals surface area contributed by atoms with E-state index in [1.807, 2.05) is 86.6 Å². The van der Waals surface area contributed by atoms with E-state index in [0.717, 1.165) is 35.6 Å². The fourth-order valence-corrected chi connectivity index (χ4v) is 4.68. The third kappa shape index (κ3) is 4.10. The molecule has 3 aromatic carbocycles. The van der Waals surface area contributed by atoms with E-state index in [1.165, 1.54) is 29.7 Å². The zero-order chi connectivity index (χ0) is 23.7. The number of carbonyl (C=O) groups excluding carboxylic acids is 2. The number of hydrogen-bond acceptors (Lipinski definition) is 4. The third-order valence-electron chi connectivity index (χ3n) is 6.75. The molecule has 5 heteroatoms. The summed E-state index contributed by atoms with van der Waals surface area (Å²) in [6.45, 7) is 6.17. The van der Waals surface area contributed by atoms with Crippen molar-refractivity contribution in [1.82, 2.24) is 0 Å². The number of anilines is 3. The van der Waals surface area contributed by atoms with Crippen LogP contribution in [0.4, 0.5) is 17.1 Å². The van der Waals surface area contributed by atoms with Gasteiger partial charge in [0.25, 0.3) is 11.8 Å². The van der Waals surface area contributed by atoms with Gasteiger partial charge in [-0.3, -0.25) is 9.59 Å². The van der Waals surface area contributed by atoms with Crippen LogP contribution in [0.1, 0.15) is 36.0 Å². The first-order chi connectivity index (χ1) is 16.5. The van der Waals surface area contributed by atoms with Gasteiger partial charge in [-0.15, -0.1) is 0 Å². The van der Waals surface area contributed by atoms with Crippen molar-refractivity contribution in [2.24, 2.45) is 0 Å². The molecule has 0 aliphatic carbocycles. The lowest BCUT2D eigenvalue weighted by atomic mass is 10.0. The molecule has 2 heterocycles. The van der Waals surface area contributed by atoms with Crippen molar-refractivity contribution in [1.29, 1.82) is 0 Å². The molecular formula is C29H29N3O2. The number of rotatable bonds is 5. The standard InChI is InChI=1S/C29H29N3O2/c1-20-11-12-23(19-21(20)2)30-27-26(22-9-5-3-6-10-22)28(33)32(29(27)34)25-15-13-24(14-16-25)31-17-7-4-8-18-31/h3,5-6,9-16,19,30H,4,7-8,17-18H2,1-2H3. The molecule has 1 fully saturated rings. The first-order valence-electron chi connectivity index (χ1n) is 11.9. The van der Waals surface area contributed by atoms with Gasteiger partial charge in [-0.2, -0.15) is 0 Å². The van der Waals surface area contributed by atoms with E-state index in [1.54, 1.807) is 0 Å². The Morgan fingerprint density at radius 3 is 2.06 bits per heavy atom. The van der Waals surface area contributed by atoms with Crippen molar-refractivity contribution < 1.29 is 9.59 Å². The Kier molecular flexibility index (Phi) is 5.93. The number of benzene rings is 3. The Morgan fingerprint density at radius 2 is 1.38 bits per heavy atom. The predicted octanol–water partition coefficient (Wildman–Crippen LogP) is 5.69. The number of piperidine rings is 1. The molecular weight excluding hydrogens is 422 g/mol. The Bertz CT molecular complexity index is 1260. The highest BCUT2D eigenvalue weighted by Crippen LogP contribution is 2.35. The van der Waals surface area contributed by atoms with E-state index in [0.29, 0.717) is 17.0 Å². The maximum atomic E-state index is 13.6. The van der Waals surface area contributed by atoms with Crippen LogP contribution in [0.25, 0.3) is 5.57 Å². The molecule has 172 valence electrons. The van der Waals surface area contributed by atoms with Crippen molar-refractivity contribution in [3.8, 4) is 0 Å². The first kappa shape index (κ1) is 22.0. The second-order valence-corrected chi connectivity index (χ2v) is 9.05. The summed E-state index contributed by atoms with van der Waals surface area (Å²) in [5, 5.41) is 3.26. The van der Waals surface area contributed by atoms with Crippen LogP contribution in [0.5, 0.6) is 0 Å². The highest BCUT2D eigenvalue weighted by atomic mass is 16.2. The van der Waals surface area contributed by atoms with Gasteiger partial charge >= 0.3 is 0 Å². The Morgan fingerprint density at radius 1 is 0.706 bits per heavy atom. The quantitative estimate of drug-likeness (QED) is 0.506. The molecule has 2 amide bonds. The van der Waals surface area contributed by atoms with Crippen LogP contribution in [-0.2, 0) is 9.59 Å². The SMILES string of the molecule is Cc1ccc(NC2=C(c3ccccc3)C(=O)N(c3ccc(N4CCCCC4)cc3)C2=O)cc1C. The van der Waals surface area contributed by atoms with Crippen molar-refractivity contribution in [2.45, 2.75) is 33.1 Å². The molecule has 0 bridgehead atoms. The lowest BCUT2D eigenvalue weighted by Crippen LogP contribution is -2.32. The minimum Gasteiger partial charge on any atom is -0.372 e. The smallest absolute Gasteiger partial charge is 0.282 e. The number of imide groups is 1. The number of amides is 2. The van der Waals surface area contributed by atoms with Crippen LogP contribution in [0.15, 0.2) is 78.5 Å². The summed E-state index contributed by atoms with van der Waals surface area (Å²) in [4.78, 5) is 30.9. The predicted molar refractivity (Wildman–Crippen MR) is 138 cm³/mol. The summed E-state index contributed by atoms with van der Waals surface area (Å²) < 4.78 is 0. The molecule has 2 aliphatic rings. The van der Waals surface area contributed by atoms with Gasteiger partial charge in [0.1, 0.15) is 5.70 Å². The third-order valence-corrected chi connectivity index (χ3v) is 6.75. The Labute approximate surface area is 200 Å². The molecule has 5 rings (SSSR count). The monoisotopic (exact) mass is 451 g/mol. The molecule has 1 N–H and O–H groups in total. The molecule has 2 aliphatic heterocycles. The van der Waals surface area contributed by atoms with Crippen molar-refractivity contribution in [3.63, 3.8) is 0 Å². The molecule has 34 heavy (non-hydrogen) atoms. The van der Waals surface area contributed by atoms with E-state index in [2.05, 4.69) is 10.2 Å². The van der Waals surface area contributed by atoms with Crippen LogP contribution >= 0.6 is 0 Å². The maximum Gasteiger partial charge on any atom is 0.282 e. The Balaban J connectivity index is 1.49. The minimum atomic E-state index is -0.340. The topological polar surface area (TPSA) is 52.7 Å². The van der Waals surface area contributed by atoms with Gasteiger partial charge in [0, 0.05) is 24.5 Å². The minimum absolute atomic E-state index is 0.305. The van der Waals surface area contributed by atoms with Crippen LogP contribution in [0.3, 0.4) is 0 Å². The second kappa shape index (κ2) is 9.18. The summed E-state index contributed by atoms with van der Waals surface area (Å²) in [5.41, 5.74) is 6.22. The normalized spacial score (nSPS) is 16.4. The summed E-state index contributed by atoms with van der Waals surface area (Å²) in [5.74, 6) is -0.652. The number of aryl methyl sites for hydroxylation is 2. The zero-order valence-electron chi connectivity index (χ0n) is 19.7. The van der Waals surface area contributed by atoms with Gasteiger partial charge in [0.2, 0.25) is 0 Å². The van der Waals surface area contributed by atoms with Crippen molar-refractivity contribution in [3.05, 3.63) is 95.2 Å². The lowest BCUT2D eigenvalue weighted by molar-refractivity contribution is -0.120. The summed E-state index contributed by atoms with van der Waals surface area (Å²) in [6, 6.07) is 23.1. The molecule has 0 radical (unpaired) electrons. The fourth-order valence-electron chi connectivity index (χ4n) is 4.68. The van der Waals surface area contributed by atoms with E-state index in [4.69, 9.17) is 0 Å². The molecule has 0 aromatic heterocycles. The molecule has 1 saturated heterocycles. The summed E-state index contributed by atoms with van der Waals surface area (Å²) in [7, 11) is 0. The molecule has 3 aromatic rings. The van der Waals surface area contributed by atoms with Gasteiger partial charge in [-0.25, -0.2) is 4.90 Å². The highest BCUT2D eigenvalue weighted by Gasteiger charge is 2.40. The van der Waals surface area contributed by atoms with Crippen LogP contribution in [0.2, 0.25) is 0 Å². The second-order valence-electron chi connectivity index (χ2n) is 9.05. The van der Waals surface area contributed by atoms with Gasteiger partial charge < -0.3 is 10.2 Å². The number of carbonyl (C=O) groups is 2. The Hall–Kier alpha value is -3.86. The lowest BCUT2D eigenvalue weighted by Gasteiger charge is -2.29. The molecule has 5 nitrogen and oxygen atoms in total. The summed E-state index contributed by atoms with van der Waals surface area (Å²) >= 11 is 0. The van der Waals surface area contributed by atoms with E-state index < -0.39 is 0 Å². The van der Waals surface area contributed by atoms with Gasteiger partial charge in [-0.05, 0) is 86.2 Å². The van der Waals surface area contributed by atoms with Gasteiger partial charge in [0.15, 0.2) is 0 Å². The van der Waals surface area contributed by atoms with Crippen LogP contribution < -0.4 is 15.1 Å². The van der Waals surface area contributed by atoms with Crippen molar-refractivity contribution in [2.75, 3.05) is 28.2 Å². The number of nitrogens with zero attached hydrogens (tertiary/aromatic N) is 2.